The molecule has 1 heterocycles. The van der Waals surface area contributed by atoms with Crippen molar-refractivity contribution in [3.63, 3.8) is 0 Å². The van der Waals surface area contributed by atoms with Crippen molar-refractivity contribution in [2.24, 2.45) is 0 Å². The Hall–Kier alpha value is -2.63. The molecule has 2 N–H and O–H groups in total. The van der Waals surface area contributed by atoms with Gasteiger partial charge in [0, 0.05) is 6.42 Å². The maximum Gasteiger partial charge on any atom is 0.220 e. The van der Waals surface area contributed by atoms with Crippen molar-refractivity contribution in [1.29, 1.82) is 0 Å². The van der Waals surface area contributed by atoms with E-state index in [4.69, 9.17) is 15.2 Å². The molecule has 1 aliphatic rings. The molecule has 23 heavy (non-hydrogen) atoms. The normalized spacial score (nSPS) is 16.8. The highest BCUT2D eigenvalue weighted by atomic mass is 16.5. The summed E-state index contributed by atoms with van der Waals surface area (Å²) in [7, 11) is 3.20. The number of hydrogen-bond donors (Lipinski definition) is 1. The van der Waals surface area contributed by atoms with Gasteiger partial charge in [-0.25, -0.2) is 9.97 Å². The first-order chi connectivity index (χ1) is 11.0. The zero-order chi connectivity index (χ0) is 16.6. The SMILES string of the molecule is COc1ccc(C2CC(=O)c3c(C)nc(N)nc3C2)cc1OC. The molecule has 120 valence electrons. The standard InChI is InChI=1S/C17H19N3O3/c1-9-16-12(20-17(18)19-9)6-11(7-13(16)21)10-4-5-14(22-2)15(8-10)23-3/h4-5,8,11H,6-7H2,1-3H3,(H2,18,19,20). The molecule has 1 unspecified atom stereocenters. The fourth-order valence-electron chi connectivity index (χ4n) is 3.14. The van der Waals surface area contributed by atoms with Gasteiger partial charge in [-0.15, -0.1) is 0 Å². The minimum absolute atomic E-state index is 0.0449. The van der Waals surface area contributed by atoms with Crippen LogP contribution in [-0.4, -0.2) is 30.0 Å². The Balaban J connectivity index is 1.99. The molecule has 1 atom stereocenters. The van der Waals surface area contributed by atoms with Crippen LogP contribution in [0.15, 0.2) is 18.2 Å². The number of nitrogen functional groups attached to an aromatic ring is 1. The molecule has 1 aliphatic carbocycles. The van der Waals surface area contributed by atoms with Crippen LogP contribution in [0, 0.1) is 6.92 Å². The van der Waals surface area contributed by atoms with E-state index in [2.05, 4.69) is 9.97 Å². The Kier molecular flexibility index (Phi) is 3.90. The number of hydrogen-bond acceptors (Lipinski definition) is 6. The summed E-state index contributed by atoms with van der Waals surface area (Å²) in [6.45, 7) is 1.80. The van der Waals surface area contributed by atoms with Gasteiger partial charge in [-0.05, 0) is 37.0 Å². The quantitative estimate of drug-likeness (QED) is 0.935. The Bertz CT molecular complexity index is 774. The minimum Gasteiger partial charge on any atom is -0.493 e. The molecule has 6 nitrogen and oxygen atoms in total. The number of fused-ring (bicyclic) bond motifs is 1. The molecule has 6 heteroatoms. The van der Waals surface area contributed by atoms with Crippen molar-refractivity contribution < 1.29 is 14.3 Å². The number of Topliss-reactive ketones (excluding diaryl/α,β-unsaturated/α-hetero) is 1. The molecular weight excluding hydrogens is 294 g/mol. The maximum atomic E-state index is 12.5. The lowest BCUT2D eigenvalue weighted by Crippen LogP contribution is -2.23. The van der Waals surface area contributed by atoms with E-state index >= 15 is 0 Å². The Morgan fingerprint density at radius 3 is 2.57 bits per heavy atom. The molecule has 1 aromatic heterocycles. The molecule has 0 saturated carbocycles. The lowest BCUT2D eigenvalue weighted by Gasteiger charge is -2.24. The van der Waals surface area contributed by atoms with E-state index in [1.165, 1.54) is 0 Å². The molecule has 2 aromatic rings. The highest BCUT2D eigenvalue weighted by Crippen LogP contribution is 2.37. The predicted molar refractivity (Wildman–Crippen MR) is 86.1 cm³/mol. The van der Waals surface area contributed by atoms with E-state index in [1.807, 2.05) is 18.2 Å². The highest BCUT2D eigenvalue weighted by molar-refractivity contribution is 5.99. The molecule has 0 aliphatic heterocycles. The number of benzene rings is 1. The predicted octanol–water partition coefficient (Wildman–Crippen LogP) is 2.30. The Morgan fingerprint density at radius 1 is 1.13 bits per heavy atom. The highest BCUT2D eigenvalue weighted by Gasteiger charge is 2.30. The van der Waals surface area contributed by atoms with Gasteiger partial charge in [-0.2, -0.15) is 0 Å². The van der Waals surface area contributed by atoms with Crippen LogP contribution in [0.3, 0.4) is 0 Å². The van der Waals surface area contributed by atoms with Crippen molar-refractivity contribution in [1.82, 2.24) is 9.97 Å². The van der Waals surface area contributed by atoms with E-state index in [0.717, 1.165) is 11.3 Å². The number of carbonyl (C=O) groups is 1. The summed E-state index contributed by atoms with van der Waals surface area (Å²) in [5.41, 5.74) is 8.76. The second kappa shape index (κ2) is 5.87. The average molecular weight is 313 g/mol. The van der Waals surface area contributed by atoms with Gasteiger partial charge in [0.25, 0.3) is 0 Å². The zero-order valence-electron chi connectivity index (χ0n) is 13.4. The third kappa shape index (κ3) is 2.72. The second-order valence-corrected chi connectivity index (χ2v) is 5.63. The number of ketones is 1. The van der Waals surface area contributed by atoms with Crippen LogP contribution in [0.5, 0.6) is 11.5 Å². The maximum absolute atomic E-state index is 12.5. The van der Waals surface area contributed by atoms with Crippen molar-refractivity contribution in [3.8, 4) is 11.5 Å². The lowest BCUT2D eigenvalue weighted by atomic mass is 9.81. The van der Waals surface area contributed by atoms with Crippen molar-refractivity contribution in [3.05, 3.63) is 40.7 Å². The Labute approximate surface area is 134 Å². The number of rotatable bonds is 3. The third-order valence-electron chi connectivity index (χ3n) is 4.21. The fraction of sp³-hybridized carbons (Fsp3) is 0.353. The van der Waals surface area contributed by atoms with Gasteiger partial charge in [-0.3, -0.25) is 4.79 Å². The molecule has 0 saturated heterocycles. The van der Waals surface area contributed by atoms with Gasteiger partial charge in [0.1, 0.15) is 0 Å². The first kappa shape index (κ1) is 15.3. The van der Waals surface area contributed by atoms with Gasteiger partial charge < -0.3 is 15.2 Å². The fourth-order valence-corrected chi connectivity index (χ4v) is 3.14. The topological polar surface area (TPSA) is 87.3 Å². The van der Waals surface area contributed by atoms with E-state index in [1.54, 1.807) is 21.1 Å². The zero-order valence-corrected chi connectivity index (χ0v) is 13.4. The van der Waals surface area contributed by atoms with Crippen LogP contribution in [0.25, 0.3) is 0 Å². The van der Waals surface area contributed by atoms with Crippen molar-refractivity contribution >= 4 is 11.7 Å². The van der Waals surface area contributed by atoms with E-state index in [-0.39, 0.29) is 17.6 Å². The lowest BCUT2D eigenvalue weighted by molar-refractivity contribution is 0.0962. The van der Waals surface area contributed by atoms with Crippen LogP contribution in [-0.2, 0) is 6.42 Å². The first-order valence-corrected chi connectivity index (χ1v) is 7.41. The van der Waals surface area contributed by atoms with Gasteiger partial charge in [0.05, 0.1) is 31.2 Å². The molecule has 0 fully saturated rings. The summed E-state index contributed by atoms with van der Waals surface area (Å²) in [5.74, 6) is 1.64. The van der Waals surface area contributed by atoms with E-state index in [9.17, 15) is 4.79 Å². The first-order valence-electron chi connectivity index (χ1n) is 7.41. The third-order valence-corrected chi connectivity index (χ3v) is 4.21. The van der Waals surface area contributed by atoms with E-state index in [0.29, 0.717) is 35.6 Å². The molecule has 0 amide bonds. The second-order valence-electron chi connectivity index (χ2n) is 5.63. The van der Waals surface area contributed by atoms with Crippen LogP contribution >= 0.6 is 0 Å². The van der Waals surface area contributed by atoms with Gasteiger partial charge in [-0.1, -0.05) is 6.07 Å². The van der Waals surface area contributed by atoms with Crippen LogP contribution in [0.4, 0.5) is 5.95 Å². The summed E-state index contributed by atoms with van der Waals surface area (Å²) >= 11 is 0. The molecule has 0 bridgehead atoms. The summed E-state index contributed by atoms with van der Waals surface area (Å²) < 4.78 is 10.6. The van der Waals surface area contributed by atoms with Crippen molar-refractivity contribution in [2.45, 2.75) is 25.7 Å². The smallest absolute Gasteiger partial charge is 0.220 e. The van der Waals surface area contributed by atoms with Crippen molar-refractivity contribution in [2.75, 3.05) is 20.0 Å². The summed E-state index contributed by atoms with van der Waals surface area (Å²) in [6, 6.07) is 5.73. The number of nitrogens with zero attached hydrogens (tertiary/aromatic N) is 2. The number of carbonyl (C=O) groups excluding carboxylic acids is 1. The summed E-state index contributed by atoms with van der Waals surface area (Å²) in [6.07, 6.45) is 1.08. The average Bonchev–Trinajstić information content (AvgIpc) is 2.52. The number of methoxy groups -OCH3 is 2. The minimum atomic E-state index is 0.0449. The van der Waals surface area contributed by atoms with Crippen LogP contribution in [0.1, 0.15) is 39.6 Å². The molecule has 0 spiro atoms. The molecular formula is C17H19N3O3. The number of anilines is 1. The van der Waals surface area contributed by atoms with Crippen LogP contribution < -0.4 is 15.2 Å². The molecule has 1 aromatic carbocycles. The number of aromatic nitrogens is 2. The van der Waals surface area contributed by atoms with Gasteiger partial charge >= 0.3 is 0 Å². The van der Waals surface area contributed by atoms with Gasteiger partial charge in [0.2, 0.25) is 5.95 Å². The summed E-state index contributed by atoms with van der Waals surface area (Å²) in [4.78, 5) is 20.9. The van der Waals surface area contributed by atoms with Crippen LogP contribution in [0.2, 0.25) is 0 Å². The van der Waals surface area contributed by atoms with E-state index < -0.39 is 0 Å². The molecule has 3 rings (SSSR count). The van der Waals surface area contributed by atoms with Gasteiger partial charge in [0.15, 0.2) is 17.3 Å². The largest absolute Gasteiger partial charge is 0.493 e. The molecule has 0 radical (unpaired) electrons. The number of ether oxygens (including phenoxy) is 2. The number of aryl methyl sites for hydroxylation is 1. The summed E-state index contributed by atoms with van der Waals surface area (Å²) in [5, 5.41) is 0. The monoisotopic (exact) mass is 313 g/mol. The number of nitrogens with two attached hydrogens (primary N) is 1. The Morgan fingerprint density at radius 2 is 1.87 bits per heavy atom.